The number of nitriles is 1. The lowest BCUT2D eigenvalue weighted by atomic mass is 10.0. The van der Waals surface area contributed by atoms with E-state index in [4.69, 9.17) is 10.00 Å². The molecule has 1 aromatic rings. The fraction of sp³-hybridized carbons (Fsp3) is 0.562. The van der Waals surface area contributed by atoms with Crippen molar-refractivity contribution in [2.75, 3.05) is 20.2 Å². The molecule has 3 heteroatoms. The van der Waals surface area contributed by atoms with E-state index in [9.17, 15) is 0 Å². The predicted molar refractivity (Wildman–Crippen MR) is 76.2 cm³/mol. The lowest BCUT2D eigenvalue weighted by Gasteiger charge is -2.12. The van der Waals surface area contributed by atoms with Crippen LogP contribution in [0.1, 0.15) is 30.9 Å². The summed E-state index contributed by atoms with van der Waals surface area (Å²) < 4.78 is 5.40. The van der Waals surface area contributed by atoms with Gasteiger partial charge in [0.05, 0.1) is 18.6 Å². The van der Waals surface area contributed by atoms with Crippen molar-refractivity contribution in [1.82, 2.24) is 5.32 Å². The lowest BCUT2D eigenvalue weighted by molar-refractivity contribution is 0.408. The van der Waals surface area contributed by atoms with Gasteiger partial charge in [-0.15, -0.1) is 0 Å². The smallest absolute Gasteiger partial charge is 0.122 e. The minimum atomic E-state index is -0.0602. The second-order valence-corrected chi connectivity index (χ2v) is 5.32. The Kier molecular flexibility index (Phi) is 4.44. The molecule has 0 amide bonds. The number of nitrogens with one attached hydrogen (secondary N) is 1. The minimum absolute atomic E-state index is 0.0602. The third-order valence-electron chi connectivity index (χ3n) is 3.88. The van der Waals surface area contributed by atoms with Crippen LogP contribution in [0.3, 0.4) is 0 Å². The fourth-order valence-corrected chi connectivity index (χ4v) is 2.28. The number of ether oxygens (including phenoxy) is 1. The number of nitrogens with zero attached hydrogens (tertiary/aromatic N) is 1. The van der Waals surface area contributed by atoms with Crippen LogP contribution < -0.4 is 10.1 Å². The summed E-state index contributed by atoms with van der Waals surface area (Å²) in [5.41, 5.74) is 2.53. The first-order valence-electron chi connectivity index (χ1n) is 7.01. The van der Waals surface area contributed by atoms with Crippen molar-refractivity contribution >= 4 is 0 Å². The fourth-order valence-electron chi connectivity index (χ4n) is 2.28. The van der Waals surface area contributed by atoms with Gasteiger partial charge in [-0.3, -0.25) is 0 Å². The van der Waals surface area contributed by atoms with Gasteiger partial charge < -0.3 is 10.1 Å². The Morgan fingerprint density at radius 2 is 2.21 bits per heavy atom. The van der Waals surface area contributed by atoms with E-state index < -0.39 is 0 Å². The van der Waals surface area contributed by atoms with Crippen molar-refractivity contribution in [3.05, 3.63) is 29.3 Å². The summed E-state index contributed by atoms with van der Waals surface area (Å²) >= 11 is 0. The second-order valence-electron chi connectivity index (χ2n) is 5.32. The van der Waals surface area contributed by atoms with E-state index in [0.717, 1.165) is 44.5 Å². The second kappa shape index (κ2) is 6.08. The molecule has 0 atom stereocenters. The van der Waals surface area contributed by atoms with Crippen LogP contribution in [0, 0.1) is 16.7 Å². The van der Waals surface area contributed by atoms with E-state index in [1.54, 1.807) is 7.11 Å². The number of hydrogen-bond acceptors (Lipinski definition) is 3. The molecule has 0 aliphatic heterocycles. The van der Waals surface area contributed by atoms with E-state index in [1.165, 1.54) is 11.1 Å². The molecule has 0 aromatic heterocycles. The van der Waals surface area contributed by atoms with Crippen molar-refractivity contribution < 1.29 is 4.74 Å². The molecule has 0 bridgehead atoms. The largest absolute Gasteiger partial charge is 0.496 e. The van der Waals surface area contributed by atoms with Gasteiger partial charge in [0.15, 0.2) is 0 Å². The van der Waals surface area contributed by atoms with E-state index in [2.05, 4.69) is 30.4 Å². The van der Waals surface area contributed by atoms with Gasteiger partial charge in [-0.2, -0.15) is 5.26 Å². The highest BCUT2D eigenvalue weighted by molar-refractivity contribution is 5.37. The number of hydrogen-bond donors (Lipinski definition) is 1. The molecule has 1 aliphatic rings. The van der Waals surface area contributed by atoms with Crippen molar-refractivity contribution in [3.63, 3.8) is 0 Å². The lowest BCUT2D eigenvalue weighted by Crippen LogP contribution is -2.25. The highest BCUT2D eigenvalue weighted by Gasteiger charge is 2.42. The Labute approximate surface area is 115 Å². The molecule has 3 nitrogen and oxygen atoms in total. The van der Waals surface area contributed by atoms with Gasteiger partial charge in [0.25, 0.3) is 0 Å². The number of benzene rings is 1. The van der Waals surface area contributed by atoms with Crippen LogP contribution in [0.5, 0.6) is 5.75 Å². The zero-order valence-corrected chi connectivity index (χ0v) is 11.8. The molecule has 1 saturated carbocycles. The van der Waals surface area contributed by atoms with Gasteiger partial charge in [-0.05, 0) is 49.4 Å². The highest BCUT2D eigenvalue weighted by atomic mass is 16.5. The first-order chi connectivity index (χ1) is 9.23. The van der Waals surface area contributed by atoms with Crippen molar-refractivity contribution in [1.29, 1.82) is 5.26 Å². The van der Waals surface area contributed by atoms with Crippen LogP contribution in [-0.2, 0) is 12.8 Å². The average Bonchev–Trinajstić information content (AvgIpc) is 3.24. The molecule has 0 radical (unpaired) electrons. The van der Waals surface area contributed by atoms with Crippen LogP contribution in [-0.4, -0.2) is 20.2 Å². The summed E-state index contributed by atoms with van der Waals surface area (Å²) in [7, 11) is 1.72. The normalized spacial score (nSPS) is 15.8. The molecule has 2 rings (SSSR count). The maximum absolute atomic E-state index is 9.01. The Morgan fingerprint density at radius 3 is 2.79 bits per heavy atom. The first kappa shape index (κ1) is 13.9. The van der Waals surface area contributed by atoms with Crippen LogP contribution in [0.4, 0.5) is 0 Å². The van der Waals surface area contributed by atoms with Crippen LogP contribution in [0.2, 0.25) is 0 Å². The average molecular weight is 258 g/mol. The van der Waals surface area contributed by atoms with Gasteiger partial charge >= 0.3 is 0 Å². The number of aryl methyl sites for hydroxylation is 1. The molecule has 0 unspecified atom stereocenters. The van der Waals surface area contributed by atoms with E-state index in [-0.39, 0.29) is 5.41 Å². The van der Waals surface area contributed by atoms with Crippen molar-refractivity contribution in [3.8, 4) is 11.8 Å². The summed E-state index contributed by atoms with van der Waals surface area (Å²) in [4.78, 5) is 0. The van der Waals surface area contributed by atoms with Gasteiger partial charge in [0, 0.05) is 6.54 Å². The van der Waals surface area contributed by atoms with Gasteiger partial charge in [-0.25, -0.2) is 0 Å². The third kappa shape index (κ3) is 3.48. The van der Waals surface area contributed by atoms with Crippen molar-refractivity contribution in [2.24, 2.45) is 5.41 Å². The first-order valence-corrected chi connectivity index (χ1v) is 7.01. The van der Waals surface area contributed by atoms with Gasteiger partial charge in [0.1, 0.15) is 5.75 Å². The number of methoxy groups -OCH3 is 1. The van der Waals surface area contributed by atoms with E-state index in [1.807, 2.05) is 6.07 Å². The van der Waals surface area contributed by atoms with E-state index in [0.29, 0.717) is 0 Å². The molecule has 0 saturated heterocycles. The Morgan fingerprint density at radius 1 is 1.42 bits per heavy atom. The maximum Gasteiger partial charge on any atom is 0.122 e. The molecular weight excluding hydrogens is 236 g/mol. The maximum atomic E-state index is 9.01. The topological polar surface area (TPSA) is 45.0 Å². The molecular formula is C16H22N2O. The van der Waals surface area contributed by atoms with Gasteiger partial charge in [0.2, 0.25) is 0 Å². The zero-order valence-electron chi connectivity index (χ0n) is 11.8. The van der Waals surface area contributed by atoms with Gasteiger partial charge in [-0.1, -0.05) is 19.1 Å². The summed E-state index contributed by atoms with van der Waals surface area (Å²) in [6, 6.07) is 8.79. The Hall–Kier alpha value is -1.53. The van der Waals surface area contributed by atoms with Crippen LogP contribution >= 0.6 is 0 Å². The molecule has 19 heavy (non-hydrogen) atoms. The molecule has 0 heterocycles. The molecule has 1 N–H and O–H groups in total. The molecule has 1 fully saturated rings. The van der Waals surface area contributed by atoms with Crippen molar-refractivity contribution in [2.45, 2.75) is 32.6 Å². The summed E-state index contributed by atoms with van der Waals surface area (Å²) in [6.07, 6.45) is 4.08. The Balaban J connectivity index is 1.86. The molecule has 0 spiro atoms. The number of rotatable bonds is 7. The quantitative estimate of drug-likeness (QED) is 0.765. The third-order valence-corrected chi connectivity index (χ3v) is 3.88. The van der Waals surface area contributed by atoms with Crippen LogP contribution in [0.15, 0.2) is 18.2 Å². The monoisotopic (exact) mass is 258 g/mol. The molecule has 102 valence electrons. The SMILES string of the molecule is CCc1ccc(OC)c(CCNCC2(C#N)CC2)c1. The highest BCUT2D eigenvalue weighted by Crippen LogP contribution is 2.43. The van der Waals surface area contributed by atoms with E-state index >= 15 is 0 Å². The standard InChI is InChI=1S/C16H22N2O/c1-3-13-4-5-15(19-2)14(10-13)6-9-18-12-16(11-17)7-8-16/h4-5,10,18H,3,6-9,12H2,1-2H3. The predicted octanol–water partition coefficient (Wildman–Crippen LogP) is 2.69. The summed E-state index contributed by atoms with van der Waals surface area (Å²) in [5, 5.41) is 12.4. The summed E-state index contributed by atoms with van der Waals surface area (Å²) in [5.74, 6) is 0.959. The van der Waals surface area contributed by atoms with Crippen LogP contribution in [0.25, 0.3) is 0 Å². The zero-order chi connectivity index (χ0) is 13.7. The minimum Gasteiger partial charge on any atom is -0.496 e. The Bertz CT molecular complexity index is 472. The molecule has 1 aliphatic carbocycles. The summed E-state index contributed by atoms with van der Waals surface area (Å²) in [6.45, 7) is 3.87. The molecule has 1 aromatic carbocycles.